The Bertz CT molecular complexity index is 773. The van der Waals surface area contributed by atoms with Crippen LogP contribution in [0.3, 0.4) is 0 Å². The number of nitrogens with zero attached hydrogens (tertiary/aromatic N) is 1. The molecule has 3 atom stereocenters. The summed E-state index contributed by atoms with van der Waals surface area (Å²) in [6.07, 6.45) is 5.60. The number of hydrogen-bond donors (Lipinski definition) is 1. The summed E-state index contributed by atoms with van der Waals surface area (Å²) in [5.74, 6) is -0.151. The third-order valence-electron chi connectivity index (χ3n) is 6.05. The van der Waals surface area contributed by atoms with Gasteiger partial charge in [-0.25, -0.2) is 4.39 Å². The highest BCUT2D eigenvalue weighted by Crippen LogP contribution is 2.35. The standard InChI is InChI=1S/C23H27FN2O/c1-16-5-9-18(10-6-16)23(27)25-20-13-21-3-2-4-22(14-20)26(21)15-17-7-11-19(24)12-8-17/h5-12,20-22H,2-4,13-15H2,1H3,(H,25,27)/t20?,21-,22+. The van der Waals surface area contributed by atoms with Gasteiger partial charge in [0.25, 0.3) is 5.91 Å². The monoisotopic (exact) mass is 366 g/mol. The van der Waals surface area contributed by atoms with Crippen LogP contribution < -0.4 is 5.32 Å². The molecule has 2 aliphatic heterocycles. The van der Waals surface area contributed by atoms with E-state index in [-0.39, 0.29) is 17.8 Å². The van der Waals surface area contributed by atoms with Gasteiger partial charge in [0, 0.05) is 30.2 Å². The molecule has 1 amide bonds. The third-order valence-corrected chi connectivity index (χ3v) is 6.05. The smallest absolute Gasteiger partial charge is 0.251 e. The van der Waals surface area contributed by atoms with E-state index in [9.17, 15) is 9.18 Å². The number of piperidine rings is 2. The Kier molecular flexibility index (Phi) is 5.26. The van der Waals surface area contributed by atoms with Crippen molar-refractivity contribution in [3.8, 4) is 0 Å². The number of fused-ring (bicyclic) bond motifs is 2. The summed E-state index contributed by atoms with van der Waals surface area (Å²) in [7, 11) is 0. The maximum absolute atomic E-state index is 13.2. The first kappa shape index (κ1) is 18.2. The third kappa shape index (κ3) is 4.22. The summed E-state index contributed by atoms with van der Waals surface area (Å²) in [5, 5.41) is 3.26. The predicted octanol–water partition coefficient (Wildman–Crippen LogP) is 4.45. The van der Waals surface area contributed by atoms with Crippen molar-refractivity contribution in [1.82, 2.24) is 10.2 Å². The molecule has 27 heavy (non-hydrogen) atoms. The van der Waals surface area contributed by atoms with E-state index in [4.69, 9.17) is 0 Å². The van der Waals surface area contributed by atoms with Gasteiger partial charge < -0.3 is 5.32 Å². The fraction of sp³-hybridized carbons (Fsp3) is 0.435. The van der Waals surface area contributed by atoms with Gasteiger partial charge in [0.1, 0.15) is 5.82 Å². The van der Waals surface area contributed by atoms with Crippen LogP contribution in [0.1, 0.15) is 53.6 Å². The number of amides is 1. The van der Waals surface area contributed by atoms with Crippen molar-refractivity contribution in [3.63, 3.8) is 0 Å². The van der Waals surface area contributed by atoms with Crippen molar-refractivity contribution in [2.24, 2.45) is 0 Å². The molecule has 2 heterocycles. The Morgan fingerprint density at radius 1 is 1.04 bits per heavy atom. The number of carbonyl (C=O) groups excluding carboxylic acids is 1. The molecule has 2 saturated heterocycles. The summed E-state index contributed by atoms with van der Waals surface area (Å²) in [6.45, 7) is 2.90. The minimum Gasteiger partial charge on any atom is -0.349 e. The highest BCUT2D eigenvalue weighted by molar-refractivity contribution is 5.94. The first-order valence-electron chi connectivity index (χ1n) is 9.96. The van der Waals surface area contributed by atoms with Crippen LogP contribution in [0.25, 0.3) is 0 Å². The predicted molar refractivity (Wildman–Crippen MR) is 105 cm³/mol. The Hall–Kier alpha value is -2.20. The Labute approximate surface area is 160 Å². The molecule has 1 N–H and O–H groups in total. The lowest BCUT2D eigenvalue weighted by atomic mass is 9.81. The molecule has 3 nitrogen and oxygen atoms in total. The Morgan fingerprint density at radius 3 is 2.30 bits per heavy atom. The number of hydrogen-bond acceptors (Lipinski definition) is 2. The van der Waals surface area contributed by atoms with Crippen LogP contribution in [0.5, 0.6) is 0 Å². The maximum atomic E-state index is 13.2. The van der Waals surface area contributed by atoms with Crippen molar-refractivity contribution in [2.75, 3.05) is 0 Å². The van der Waals surface area contributed by atoms with Crippen molar-refractivity contribution < 1.29 is 9.18 Å². The van der Waals surface area contributed by atoms with Gasteiger partial charge in [-0.3, -0.25) is 9.69 Å². The van der Waals surface area contributed by atoms with Crippen LogP contribution in [0.15, 0.2) is 48.5 Å². The minimum atomic E-state index is -0.184. The molecule has 0 saturated carbocycles. The molecule has 4 heteroatoms. The second-order valence-corrected chi connectivity index (χ2v) is 8.05. The summed E-state index contributed by atoms with van der Waals surface area (Å²) in [5.41, 5.74) is 3.06. The molecule has 142 valence electrons. The average molecular weight is 366 g/mol. The van der Waals surface area contributed by atoms with E-state index in [2.05, 4.69) is 10.2 Å². The van der Waals surface area contributed by atoms with Gasteiger partial charge in [-0.15, -0.1) is 0 Å². The first-order valence-corrected chi connectivity index (χ1v) is 9.96. The maximum Gasteiger partial charge on any atom is 0.251 e. The number of nitrogens with one attached hydrogen (secondary N) is 1. The van der Waals surface area contributed by atoms with Crippen LogP contribution in [-0.2, 0) is 6.54 Å². The lowest BCUT2D eigenvalue weighted by Gasteiger charge is -2.49. The highest BCUT2D eigenvalue weighted by Gasteiger charge is 2.38. The molecule has 0 radical (unpaired) electrons. The van der Waals surface area contributed by atoms with Crippen molar-refractivity contribution in [1.29, 1.82) is 0 Å². The highest BCUT2D eigenvalue weighted by atomic mass is 19.1. The molecule has 2 fully saturated rings. The Morgan fingerprint density at radius 2 is 1.67 bits per heavy atom. The SMILES string of the molecule is Cc1ccc(C(=O)NC2C[C@H]3CCC[C@@H](C2)N3Cc2ccc(F)cc2)cc1. The van der Waals surface area contributed by atoms with Crippen LogP contribution >= 0.6 is 0 Å². The molecule has 2 bridgehead atoms. The van der Waals surface area contributed by atoms with Gasteiger partial charge in [-0.05, 0) is 62.4 Å². The fourth-order valence-corrected chi connectivity index (χ4v) is 4.63. The second-order valence-electron chi connectivity index (χ2n) is 8.05. The van der Waals surface area contributed by atoms with Gasteiger partial charge >= 0.3 is 0 Å². The lowest BCUT2D eigenvalue weighted by Crippen LogP contribution is -2.56. The summed E-state index contributed by atoms with van der Waals surface area (Å²) >= 11 is 0. The molecule has 2 aromatic carbocycles. The average Bonchev–Trinajstić information content (AvgIpc) is 2.64. The van der Waals surface area contributed by atoms with Crippen LogP contribution in [-0.4, -0.2) is 28.9 Å². The number of benzene rings is 2. The van der Waals surface area contributed by atoms with Crippen molar-refractivity contribution in [2.45, 2.75) is 63.7 Å². The van der Waals surface area contributed by atoms with E-state index in [1.165, 1.54) is 19.3 Å². The number of halogens is 1. The number of aryl methyl sites for hydroxylation is 1. The van der Waals surface area contributed by atoms with E-state index in [1.54, 1.807) is 12.1 Å². The van der Waals surface area contributed by atoms with Gasteiger partial charge in [0.15, 0.2) is 0 Å². The summed E-state index contributed by atoms with van der Waals surface area (Å²) in [6, 6.07) is 15.8. The van der Waals surface area contributed by atoms with Gasteiger partial charge in [0.2, 0.25) is 0 Å². The molecule has 1 unspecified atom stereocenters. The van der Waals surface area contributed by atoms with E-state index >= 15 is 0 Å². The van der Waals surface area contributed by atoms with Gasteiger partial charge in [-0.1, -0.05) is 36.2 Å². The van der Waals surface area contributed by atoms with Crippen LogP contribution in [0.4, 0.5) is 4.39 Å². The van der Waals surface area contributed by atoms with E-state index in [0.29, 0.717) is 12.1 Å². The van der Waals surface area contributed by atoms with E-state index in [0.717, 1.165) is 36.1 Å². The van der Waals surface area contributed by atoms with Crippen LogP contribution in [0.2, 0.25) is 0 Å². The van der Waals surface area contributed by atoms with Crippen molar-refractivity contribution in [3.05, 3.63) is 71.0 Å². The zero-order chi connectivity index (χ0) is 18.8. The first-order chi connectivity index (χ1) is 13.1. The van der Waals surface area contributed by atoms with Crippen molar-refractivity contribution >= 4 is 5.91 Å². The number of rotatable bonds is 4. The largest absolute Gasteiger partial charge is 0.349 e. The molecule has 4 rings (SSSR count). The molecule has 2 aliphatic rings. The summed E-state index contributed by atoms with van der Waals surface area (Å²) in [4.78, 5) is 15.2. The number of carbonyl (C=O) groups is 1. The van der Waals surface area contributed by atoms with E-state index in [1.807, 2.05) is 43.3 Å². The zero-order valence-electron chi connectivity index (χ0n) is 15.8. The minimum absolute atomic E-state index is 0.0325. The molecular formula is C23H27FN2O. The topological polar surface area (TPSA) is 32.3 Å². The molecule has 2 aromatic rings. The molecule has 0 aromatic heterocycles. The summed E-state index contributed by atoms with van der Waals surface area (Å²) < 4.78 is 13.2. The fourth-order valence-electron chi connectivity index (χ4n) is 4.63. The molecular weight excluding hydrogens is 339 g/mol. The zero-order valence-corrected chi connectivity index (χ0v) is 15.8. The lowest BCUT2D eigenvalue weighted by molar-refractivity contribution is 0.0177. The normalized spacial score (nSPS) is 25.2. The van der Waals surface area contributed by atoms with Gasteiger partial charge in [-0.2, -0.15) is 0 Å². The Balaban J connectivity index is 1.40. The quantitative estimate of drug-likeness (QED) is 0.867. The molecule has 0 aliphatic carbocycles. The molecule has 0 spiro atoms. The second kappa shape index (κ2) is 7.81. The van der Waals surface area contributed by atoms with Gasteiger partial charge in [0.05, 0.1) is 0 Å². The van der Waals surface area contributed by atoms with Crippen LogP contribution in [0, 0.1) is 12.7 Å². The van der Waals surface area contributed by atoms with E-state index < -0.39 is 0 Å².